The smallest absolute Gasteiger partial charge is 0.416 e. The Balaban J connectivity index is 1.98. The van der Waals surface area contributed by atoms with Gasteiger partial charge in [-0.2, -0.15) is 13.2 Å². The van der Waals surface area contributed by atoms with Crippen molar-refractivity contribution in [1.29, 1.82) is 0 Å². The fourth-order valence-corrected chi connectivity index (χ4v) is 2.05. The van der Waals surface area contributed by atoms with Gasteiger partial charge in [-0.05, 0) is 49.9 Å². The van der Waals surface area contributed by atoms with E-state index in [4.69, 9.17) is 9.47 Å². The predicted molar refractivity (Wildman–Crippen MR) is 69.8 cm³/mol. The number of alkyl halides is 3. The number of carbonyl (C=O) groups excluding carboxylic acids is 1. The summed E-state index contributed by atoms with van der Waals surface area (Å²) in [5.74, 6) is 0.266. The number of esters is 1. The van der Waals surface area contributed by atoms with E-state index < -0.39 is 11.7 Å². The summed E-state index contributed by atoms with van der Waals surface area (Å²) in [6, 6.07) is 4.51. The third kappa shape index (κ3) is 4.65. The first-order valence-corrected chi connectivity index (χ1v) is 6.89. The first kappa shape index (κ1) is 15.7. The van der Waals surface area contributed by atoms with E-state index in [1.54, 1.807) is 6.92 Å². The summed E-state index contributed by atoms with van der Waals surface area (Å²) >= 11 is 0. The number of halogens is 3. The molecular weight excluding hydrogens is 285 g/mol. The number of hydrogen-bond acceptors (Lipinski definition) is 3. The number of carbonyl (C=O) groups is 1. The lowest BCUT2D eigenvalue weighted by molar-refractivity contribution is -0.145. The van der Waals surface area contributed by atoms with Crippen LogP contribution in [0.2, 0.25) is 0 Å². The second-order valence-corrected chi connectivity index (χ2v) is 5.03. The molecule has 21 heavy (non-hydrogen) atoms. The highest BCUT2D eigenvalue weighted by atomic mass is 19.4. The van der Waals surface area contributed by atoms with E-state index >= 15 is 0 Å². The highest BCUT2D eigenvalue weighted by molar-refractivity contribution is 5.70. The molecule has 0 N–H and O–H groups in total. The summed E-state index contributed by atoms with van der Waals surface area (Å²) in [6.45, 7) is 2.03. The second kappa shape index (κ2) is 6.37. The van der Waals surface area contributed by atoms with E-state index in [0.717, 1.165) is 25.0 Å². The topological polar surface area (TPSA) is 35.5 Å². The molecule has 6 heteroatoms. The number of hydrogen-bond donors (Lipinski definition) is 0. The molecule has 0 aliphatic heterocycles. The van der Waals surface area contributed by atoms with Crippen LogP contribution in [0.3, 0.4) is 0 Å². The van der Waals surface area contributed by atoms with Crippen LogP contribution in [0.1, 0.15) is 31.7 Å². The van der Waals surface area contributed by atoms with Gasteiger partial charge in [-0.15, -0.1) is 0 Å². The van der Waals surface area contributed by atoms with Crippen LogP contribution in [0.4, 0.5) is 13.2 Å². The molecule has 116 valence electrons. The summed E-state index contributed by atoms with van der Waals surface area (Å²) in [5, 5.41) is 0. The van der Waals surface area contributed by atoms with Crippen molar-refractivity contribution in [3.63, 3.8) is 0 Å². The van der Waals surface area contributed by atoms with E-state index in [9.17, 15) is 18.0 Å². The predicted octanol–water partition coefficient (Wildman–Crippen LogP) is 3.82. The molecule has 1 aliphatic carbocycles. The van der Waals surface area contributed by atoms with Crippen LogP contribution in [0.25, 0.3) is 0 Å². The van der Waals surface area contributed by atoms with Crippen LogP contribution in [0, 0.1) is 5.92 Å². The van der Waals surface area contributed by atoms with Crippen molar-refractivity contribution in [2.75, 3.05) is 6.61 Å². The Morgan fingerprint density at radius 1 is 1.29 bits per heavy atom. The summed E-state index contributed by atoms with van der Waals surface area (Å²) in [5.41, 5.74) is -0.719. The normalized spacial score (nSPS) is 16.4. The van der Waals surface area contributed by atoms with Crippen LogP contribution in [0.15, 0.2) is 24.3 Å². The van der Waals surface area contributed by atoms with E-state index in [-0.39, 0.29) is 24.4 Å². The highest BCUT2D eigenvalue weighted by Crippen LogP contribution is 2.37. The molecule has 0 saturated heterocycles. The summed E-state index contributed by atoms with van der Waals surface area (Å²) in [4.78, 5) is 11.5. The van der Waals surface area contributed by atoms with Crippen molar-refractivity contribution < 1.29 is 27.4 Å². The Bertz CT molecular complexity index is 478. The fourth-order valence-electron chi connectivity index (χ4n) is 2.05. The van der Waals surface area contributed by atoms with Gasteiger partial charge in [0.2, 0.25) is 0 Å². The largest absolute Gasteiger partial charge is 0.490 e. The lowest BCUT2D eigenvalue weighted by atomic mass is 10.1. The van der Waals surface area contributed by atoms with Crippen LogP contribution < -0.4 is 4.74 Å². The van der Waals surface area contributed by atoms with Crippen molar-refractivity contribution in [2.45, 2.75) is 38.5 Å². The van der Waals surface area contributed by atoms with Gasteiger partial charge in [-0.3, -0.25) is 4.79 Å². The SMILES string of the molecule is CCOC(=O)CC(Oc1ccc(C(F)(F)F)cc1)C1CC1. The van der Waals surface area contributed by atoms with Gasteiger partial charge in [0, 0.05) is 0 Å². The van der Waals surface area contributed by atoms with Gasteiger partial charge >= 0.3 is 12.1 Å². The van der Waals surface area contributed by atoms with E-state index in [1.807, 2.05) is 0 Å². The zero-order chi connectivity index (χ0) is 15.5. The average molecular weight is 302 g/mol. The molecule has 0 spiro atoms. The molecule has 2 rings (SSSR count). The molecule has 1 aliphatic rings. The maximum Gasteiger partial charge on any atom is 0.416 e. The van der Waals surface area contributed by atoms with Gasteiger partial charge in [0.15, 0.2) is 0 Å². The van der Waals surface area contributed by atoms with Crippen molar-refractivity contribution in [1.82, 2.24) is 0 Å². The minimum atomic E-state index is -4.36. The van der Waals surface area contributed by atoms with Crippen molar-refractivity contribution in [3.8, 4) is 5.75 Å². The number of ether oxygens (including phenoxy) is 2. The molecule has 1 unspecified atom stereocenters. The molecule has 0 bridgehead atoms. The molecule has 0 aromatic heterocycles. The third-order valence-corrected chi connectivity index (χ3v) is 3.29. The van der Waals surface area contributed by atoms with Crippen LogP contribution in [-0.2, 0) is 15.7 Å². The van der Waals surface area contributed by atoms with Gasteiger partial charge in [0.25, 0.3) is 0 Å². The minimum Gasteiger partial charge on any atom is -0.490 e. The van der Waals surface area contributed by atoms with Crippen LogP contribution >= 0.6 is 0 Å². The van der Waals surface area contributed by atoms with Crippen molar-refractivity contribution in [2.24, 2.45) is 5.92 Å². The molecule has 1 aromatic carbocycles. The Labute approximate surface area is 121 Å². The Kier molecular flexibility index (Phi) is 4.75. The maximum atomic E-state index is 12.5. The molecule has 3 nitrogen and oxygen atoms in total. The van der Waals surface area contributed by atoms with E-state index in [0.29, 0.717) is 12.4 Å². The summed E-state index contributed by atoms with van der Waals surface area (Å²) in [7, 11) is 0. The molecule has 0 radical (unpaired) electrons. The zero-order valence-corrected chi connectivity index (χ0v) is 11.7. The Hall–Kier alpha value is -1.72. The van der Waals surface area contributed by atoms with Gasteiger partial charge in [-0.1, -0.05) is 0 Å². The lowest BCUT2D eigenvalue weighted by Crippen LogP contribution is -2.24. The Morgan fingerprint density at radius 2 is 1.90 bits per heavy atom. The summed E-state index contributed by atoms with van der Waals surface area (Å²) < 4.78 is 48.0. The standard InChI is InChI=1S/C15H17F3O3/c1-2-20-14(19)9-13(10-3-4-10)21-12-7-5-11(6-8-12)15(16,17)18/h5-8,10,13H,2-4,9H2,1H3. The van der Waals surface area contributed by atoms with Crippen molar-refractivity contribution >= 4 is 5.97 Å². The molecule has 0 heterocycles. The molecule has 0 amide bonds. The van der Waals surface area contributed by atoms with Crippen LogP contribution in [0.5, 0.6) is 5.75 Å². The Morgan fingerprint density at radius 3 is 2.38 bits per heavy atom. The van der Waals surface area contributed by atoms with E-state index in [2.05, 4.69) is 0 Å². The molecular formula is C15H17F3O3. The van der Waals surface area contributed by atoms with Crippen LogP contribution in [-0.4, -0.2) is 18.7 Å². The van der Waals surface area contributed by atoms with Gasteiger partial charge in [-0.25, -0.2) is 0 Å². The monoisotopic (exact) mass is 302 g/mol. The van der Waals surface area contributed by atoms with Gasteiger partial charge in [0.05, 0.1) is 18.6 Å². The summed E-state index contributed by atoms with van der Waals surface area (Å²) in [6.07, 6.45) is -2.64. The quantitative estimate of drug-likeness (QED) is 0.749. The third-order valence-electron chi connectivity index (χ3n) is 3.29. The fraction of sp³-hybridized carbons (Fsp3) is 0.533. The zero-order valence-electron chi connectivity index (χ0n) is 11.7. The first-order chi connectivity index (χ1) is 9.90. The van der Waals surface area contributed by atoms with Gasteiger partial charge in [0.1, 0.15) is 11.9 Å². The molecule has 1 fully saturated rings. The number of rotatable bonds is 6. The second-order valence-electron chi connectivity index (χ2n) is 5.03. The lowest BCUT2D eigenvalue weighted by Gasteiger charge is -2.18. The molecule has 1 saturated carbocycles. The molecule has 1 atom stereocenters. The van der Waals surface area contributed by atoms with E-state index in [1.165, 1.54) is 12.1 Å². The maximum absolute atomic E-state index is 12.5. The molecule has 1 aromatic rings. The first-order valence-electron chi connectivity index (χ1n) is 6.89. The average Bonchev–Trinajstić information content (AvgIpc) is 3.22. The minimum absolute atomic E-state index is 0.125. The van der Waals surface area contributed by atoms with Crippen molar-refractivity contribution in [3.05, 3.63) is 29.8 Å². The van der Waals surface area contributed by atoms with Gasteiger partial charge < -0.3 is 9.47 Å². The highest BCUT2D eigenvalue weighted by Gasteiger charge is 2.35. The number of benzene rings is 1.